The van der Waals surface area contributed by atoms with E-state index in [2.05, 4.69) is 26.3 Å². The van der Waals surface area contributed by atoms with Crippen LogP contribution >= 0.6 is 15.9 Å². The normalized spacial score (nSPS) is 10.8. The van der Waals surface area contributed by atoms with Crippen LogP contribution in [0.4, 0.5) is 0 Å². The summed E-state index contributed by atoms with van der Waals surface area (Å²) in [5, 5.41) is 0.440. The first-order valence-electron chi connectivity index (χ1n) is 8.69. The van der Waals surface area contributed by atoms with Crippen molar-refractivity contribution < 1.29 is 4.79 Å². The summed E-state index contributed by atoms with van der Waals surface area (Å²) in [5.41, 5.74) is 5.19. The number of fused-ring (bicyclic) bond motifs is 1. The topological polar surface area (TPSA) is 64.0 Å². The number of para-hydroxylation sites is 1. The van der Waals surface area contributed by atoms with Crippen LogP contribution in [0.3, 0.4) is 0 Å². The van der Waals surface area contributed by atoms with E-state index in [0.717, 1.165) is 15.6 Å². The molecule has 0 aliphatic heterocycles. The molecular formula is C22H16BrN3O2. The van der Waals surface area contributed by atoms with Crippen LogP contribution < -0.4 is 11.0 Å². The van der Waals surface area contributed by atoms with Crippen molar-refractivity contribution >= 4 is 32.7 Å². The third kappa shape index (κ3) is 3.46. The van der Waals surface area contributed by atoms with Crippen molar-refractivity contribution in [3.63, 3.8) is 0 Å². The van der Waals surface area contributed by atoms with Crippen molar-refractivity contribution in [1.82, 2.24) is 9.66 Å². The number of hydrogen-bond acceptors (Lipinski definition) is 3. The largest absolute Gasteiger partial charge is 0.280 e. The van der Waals surface area contributed by atoms with E-state index in [0.29, 0.717) is 22.3 Å². The number of aryl methyl sites for hydroxylation is 1. The van der Waals surface area contributed by atoms with E-state index in [4.69, 9.17) is 0 Å². The molecule has 5 nitrogen and oxygen atoms in total. The molecule has 4 rings (SSSR count). The van der Waals surface area contributed by atoms with Gasteiger partial charge < -0.3 is 0 Å². The molecule has 138 valence electrons. The summed E-state index contributed by atoms with van der Waals surface area (Å²) in [6.07, 6.45) is 0. The van der Waals surface area contributed by atoms with Crippen molar-refractivity contribution in [2.24, 2.45) is 0 Å². The summed E-state index contributed by atoms with van der Waals surface area (Å²) in [5.74, 6) is -0.00144. The number of rotatable bonds is 3. The Hall–Kier alpha value is -3.25. The highest BCUT2D eigenvalue weighted by Gasteiger charge is 2.16. The molecule has 0 saturated heterocycles. The Bertz CT molecular complexity index is 1250. The molecular weight excluding hydrogens is 418 g/mol. The minimum absolute atomic E-state index is 0.326. The first-order valence-corrected chi connectivity index (χ1v) is 9.48. The van der Waals surface area contributed by atoms with Crippen LogP contribution in [0, 0.1) is 6.92 Å². The number of benzene rings is 3. The number of carbonyl (C=O) groups excluding carboxylic acids is 1. The molecule has 1 aromatic heterocycles. The standard InChI is InChI=1S/C22H16BrN3O2/c1-14-5-4-6-16(13-14)20-24-19-8-3-2-7-18(19)22(28)26(20)25-21(27)15-9-11-17(23)12-10-15/h2-13H,1H3,(H,25,27). The lowest BCUT2D eigenvalue weighted by Crippen LogP contribution is -2.35. The number of aromatic nitrogens is 2. The van der Waals surface area contributed by atoms with E-state index < -0.39 is 0 Å². The van der Waals surface area contributed by atoms with Gasteiger partial charge in [-0.15, -0.1) is 0 Å². The zero-order valence-corrected chi connectivity index (χ0v) is 16.6. The lowest BCUT2D eigenvalue weighted by molar-refractivity contribution is 0.101. The number of halogens is 1. The van der Waals surface area contributed by atoms with Crippen molar-refractivity contribution in [2.75, 3.05) is 5.43 Å². The summed E-state index contributed by atoms with van der Waals surface area (Å²) in [4.78, 5) is 30.5. The maximum absolute atomic E-state index is 13.1. The molecule has 0 atom stereocenters. The van der Waals surface area contributed by atoms with Gasteiger partial charge in [-0.05, 0) is 49.4 Å². The highest BCUT2D eigenvalue weighted by Crippen LogP contribution is 2.20. The Kier molecular flexibility index (Phi) is 4.79. The molecule has 0 fully saturated rings. The van der Waals surface area contributed by atoms with Gasteiger partial charge in [-0.3, -0.25) is 15.0 Å². The zero-order chi connectivity index (χ0) is 19.7. The van der Waals surface area contributed by atoms with Crippen molar-refractivity contribution in [2.45, 2.75) is 6.92 Å². The minimum Gasteiger partial charge on any atom is -0.267 e. The lowest BCUT2D eigenvalue weighted by atomic mass is 10.1. The van der Waals surface area contributed by atoms with Crippen LogP contribution in [0.1, 0.15) is 15.9 Å². The Balaban J connectivity index is 1.89. The third-order valence-corrected chi connectivity index (χ3v) is 4.90. The molecule has 1 amide bonds. The summed E-state index contributed by atoms with van der Waals surface area (Å²) in [6, 6.07) is 21.7. The van der Waals surface area contributed by atoms with Gasteiger partial charge in [0.15, 0.2) is 5.82 Å². The van der Waals surface area contributed by atoms with Crippen LogP contribution in [0.15, 0.2) is 82.1 Å². The van der Waals surface area contributed by atoms with Gasteiger partial charge in [-0.25, -0.2) is 4.98 Å². The number of amides is 1. The summed E-state index contributed by atoms with van der Waals surface area (Å²) < 4.78 is 2.09. The summed E-state index contributed by atoms with van der Waals surface area (Å²) in [6.45, 7) is 1.97. The van der Waals surface area contributed by atoms with Crippen molar-refractivity contribution in [3.8, 4) is 11.4 Å². The van der Waals surface area contributed by atoms with E-state index in [-0.39, 0.29) is 11.5 Å². The van der Waals surface area contributed by atoms with E-state index >= 15 is 0 Å². The van der Waals surface area contributed by atoms with Crippen molar-refractivity contribution in [1.29, 1.82) is 0 Å². The molecule has 0 aliphatic rings. The fourth-order valence-corrected chi connectivity index (χ4v) is 3.25. The molecule has 1 N–H and O–H groups in total. The number of carbonyl (C=O) groups is 1. The average Bonchev–Trinajstić information content (AvgIpc) is 2.70. The summed E-state index contributed by atoms with van der Waals surface area (Å²) >= 11 is 3.35. The SMILES string of the molecule is Cc1cccc(-c2nc3ccccc3c(=O)n2NC(=O)c2ccc(Br)cc2)c1. The molecule has 0 unspecified atom stereocenters. The van der Waals surface area contributed by atoms with Gasteiger partial charge in [0.1, 0.15) is 0 Å². The first kappa shape index (κ1) is 18.1. The molecule has 6 heteroatoms. The predicted molar refractivity (Wildman–Crippen MR) is 114 cm³/mol. The molecule has 0 bridgehead atoms. The first-order chi connectivity index (χ1) is 13.5. The molecule has 0 radical (unpaired) electrons. The lowest BCUT2D eigenvalue weighted by Gasteiger charge is -2.15. The maximum Gasteiger partial charge on any atom is 0.280 e. The smallest absolute Gasteiger partial charge is 0.267 e. The monoisotopic (exact) mass is 433 g/mol. The Morgan fingerprint density at radius 1 is 1.00 bits per heavy atom. The number of nitrogens with one attached hydrogen (secondary N) is 1. The number of hydrogen-bond donors (Lipinski definition) is 1. The molecule has 28 heavy (non-hydrogen) atoms. The second kappa shape index (κ2) is 7.40. The minimum atomic E-state index is -0.388. The average molecular weight is 434 g/mol. The summed E-state index contributed by atoms with van der Waals surface area (Å²) in [7, 11) is 0. The van der Waals surface area contributed by atoms with Crippen LogP contribution in [-0.2, 0) is 0 Å². The molecule has 0 spiro atoms. The molecule has 1 heterocycles. The van der Waals surface area contributed by atoms with Gasteiger partial charge >= 0.3 is 0 Å². The Morgan fingerprint density at radius 3 is 2.50 bits per heavy atom. The van der Waals surface area contributed by atoms with Gasteiger partial charge in [0.2, 0.25) is 0 Å². The van der Waals surface area contributed by atoms with E-state index in [1.807, 2.05) is 37.3 Å². The van der Waals surface area contributed by atoms with Gasteiger partial charge in [0, 0.05) is 15.6 Å². The molecule has 0 saturated carbocycles. The van der Waals surface area contributed by atoms with Gasteiger partial charge in [0.05, 0.1) is 10.9 Å². The van der Waals surface area contributed by atoms with Gasteiger partial charge in [-0.2, -0.15) is 4.68 Å². The third-order valence-electron chi connectivity index (χ3n) is 4.37. The predicted octanol–water partition coefficient (Wildman–Crippen LogP) is 4.52. The van der Waals surface area contributed by atoms with Crippen molar-refractivity contribution in [3.05, 3.63) is 98.7 Å². The van der Waals surface area contributed by atoms with Crippen LogP contribution in [0.25, 0.3) is 22.3 Å². The van der Waals surface area contributed by atoms with E-state index in [1.54, 1.807) is 42.5 Å². The second-order valence-electron chi connectivity index (χ2n) is 6.41. The Labute approximate surface area is 169 Å². The quantitative estimate of drug-likeness (QED) is 0.516. The fraction of sp³-hybridized carbons (Fsp3) is 0.0455. The van der Waals surface area contributed by atoms with Crippen LogP contribution in [-0.4, -0.2) is 15.6 Å². The zero-order valence-electron chi connectivity index (χ0n) is 15.0. The van der Waals surface area contributed by atoms with E-state index in [9.17, 15) is 9.59 Å². The fourth-order valence-electron chi connectivity index (χ4n) is 2.98. The number of nitrogens with zero attached hydrogens (tertiary/aromatic N) is 2. The second-order valence-corrected chi connectivity index (χ2v) is 7.33. The Morgan fingerprint density at radius 2 is 1.75 bits per heavy atom. The van der Waals surface area contributed by atoms with Crippen LogP contribution in [0.2, 0.25) is 0 Å². The van der Waals surface area contributed by atoms with Crippen LogP contribution in [0.5, 0.6) is 0 Å². The molecule has 0 aliphatic carbocycles. The van der Waals surface area contributed by atoms with Gasteiger partial charge in [0.25, 0.3) is 11.5 Å². The highest BCUT2D eigenvalue weighted by atomic mass is 79.9. The maximum atomic E-state index is 13.1. The molecule has 3 aromatic carbocycles. The highest BCUT2D eigenvalue weighted by molar-refractivity contribution is 9.10. The van der Waals surface area contributed by atoms with Gasteiger partial charge in [-0.1, -0.05) is 51.8 Å². The van der Waals surface area contributed by atoms with E-state index in [1.165, 1.54) is 4.68 Å². The molecule has 4 aromatic rings.